The first-order valence-corrected chi connectivity index (χ1v) is 3.41. The maximum atomic E-state index is 9.77. The Morgan fingerprint density at radius 3 is 2.40 bits per heavy atom. The molecule has 0 bridgehead atoms. The first-order valence-electron chi connectivity index (χ1n) is 3.41. The zero-order valence-electron chi connectivity index (χ0n) is 6.85. The molecule has 2 nitrogen and oxygen atoms in total. The molecule has 0 aliphatic carbocycles. The second-order valence-electron chi connectivity index (χ2n) is 3.45. The molecule has 0 aliphatic rings. The van der Waals surface area contributed by atoms with Crippen molar-refractivity contribution in [3.8, 4) is 0 Å². The third kappa shape index (κ3) is 7.21. The van der Waals surface area contributed by atoms with Crippen LogP contribution in [0.2, 0.25) is 0 Å². The molecule has 0 radical (unpaired) electrons. The molecule has 0 saturated carbocycles. The van der Waals surface area contributed by atoms with Crippen molar-refractivity contribution in [3.63, 3.8) is 0 Å². The van der Waals surface area contributed by atoms with Gasteiger partial charge in [0.2, 0.25) is 6.41 Å². The van der Waals surface area contributed by atoms with Crippen LogP contribution in [0.4, 0.5) is 0 Å². The Hall–Kier alpha value is -0.790. The van der Waals surface area contributed by atoms with Crippen LogP contribution < -0.4 is 5.32 Å². The molecule has 0 rings (SSSR count). The molecule has 0 unspecified atom stereocenters. The highest BCUT2D eigenvalue weighted by atomic mass is 16.1. The van der Waals surface area contributed by atoms with E-state index in [-0.39, 0.29) is 0 Å². The lowest BCUT2D eigenvalue weighted by molar-refractivity contribution is -0.108. The van der Waals surface area contributed by atoms with E-state index < -0.39 is 0 Å². The summed E-state index contributed by atoms with van der Waals surface area (Å²) in [6, 6.07) is 0. The molecule has 0 spiro atoms. The lowest BCUT2D eigenvalue weighted by atomic mass is 9.92. The van der Waals surface area contributed by atoms with Crippen molar-refractivity contribution in [2.75, 3.05) is 0 Å². The van der Waals surface area contributed by atoms with Crippen LogP contribution in [-0.2, 0) is 4.79 Å². The summed E-state index contributed by atoms with van der Waals surface area (Å²) in [6.07, 6.45) is 5.26. The van der Waals surface area contributed by atoms with E-state index in [0.29, 0.717) is 11.8 Å². The van der Waals surface area contributed by atoms with Crippen LogP contribution in [0.5, 0.6) is 0 Å². The molecule has 0 aromatic rings. The fourth-order valence-corrected chi connectivity index (χ4v) is 0.520. The maximum absolute atomic E-state index is 9.77. The van der Waals surface area contributed by atoms with Gasteiger partial charge in [0, 0.05) is 0 Å². The number of carbonyl (C=O) groups is 1. The molecule has 58 valence electrons. The van der Waals surface area contributed by atoms with Crippen LogP contribution in [0.25, 0.3) is 0 Å². The minimum atomic E-state index is 0.307. The predicted molar refractivity (Wildman–Crippen MR) is 42.4 cm³/mol. The Morgan fingerprint density at radius 1 is 1.40 bits per heavy atom. The van der Waals surface area contributed by atoms with Gasteiger partial charge < -0.3 is 5.32 Å². The van der Waals surface area contributed by atoms with E-state index in [1.165, 1.54) is 0 Å². The largest absolute Gasteiger partial charge is 0.336 e. The summed E-state index contributed by atoms with van der Waals surface area (Å²) in [4.78, 5) is 9.77. The van der Waals surface area contributed by atoms with Crippen LogP contribution in [0.1, 0.15) is 27.2 Å². The summed E-state index contributed by atoms with van der Waals surface area (Å²) < 4.78 is 0. The van der Waals surface area contributed by atoms with Crippen molar-refractivity contribution in [3.05, 3.63) is 12.3 Å². The second-order valence-corrected chi connectivity index (χ2v) is 3.45. The Morgan fingerprint density at radius 2 is 2.00 bits per heavy atom. The third-order valence-corrected chi connectivity index (χ3v) is 1.01. The van der Waals surface area contributed by atoms with Crippen LogP contribution in [0.3, 0.4) is 0 Å². The average Bonchev–Trinajstić information content (AvgIpc) is 1.78. The van der Waals surface area contributed by atoms with E-state index in [2.05, 4.69) is 26.1 Å². The molecule has 1 amide bonds. The standard InChI is InChI=1S/C8H15NO/c1-8(2,3)5-4-6-9-7-10/h4,6-7H,5H2,1-3H3,(H,9,10)/b6-4+. The Bertz CT molecular complexity index is 122. The number of rotatable bonds is 3. The van der Waals surface area contributed by atoms with Crippen LogP contribution >= 0.6 is 0 Å². The molecular formula is C8H15NO. The number of nitrogens with one attached hydrogen (secondary N) is 1. The minimum Gasteiger partial charge on any atom is -0.336 e. The highest BCUT2D eigenvalue weighted by Gasteiger charge is 2.05. The van der Waals surface area contributed by atoms with E-state index in [9.17, 15) is 4.79 Å². The van der Waals surface area contributed by atoms with Gasteiger partial charge >= 0.3 is 0 Å². The van der Waals surface area contributed by atoms with Crippen molar-refractivity contribution >= 4 is 6.41 Å². The summed E-state index contributed by atoms with van der Waals surface area (Å²) in [5, 5.41) is 2.46. The van der Waals surface area contributed by atoms with Gasteiger partial charge in [-0.2, -0.15) is 0 Å². The van der Waals surface area contributed by atoms with Gasteiger partial charge in [-0.3, -0.25) is 4.79 Å². The number of allylic oxidation sites excluding steroid dienone is 1. The fourth-order valence-electron chi connectivity index (χ4n) is 0.520. The van der Waals surface area contributed by atoms with Crippen LogP contribution in [-0.4, -0.2) is 6.41 Å². The second kappa shape index (κ2) is 4.09. The molecular weight excluding hydrogens is 126 g/mol. The van der Waals surface area contributed by atoms with Crippen molar-refractivity contribution in [2.24, 2.45) is 5.41 Å². The molecule has 0 fully saturated rings. The smallest absolute Gasteiger partial charge is 0.211 e. The van der Waals surface area contributed by atoms with Gasteiger partial charge in [0.1, 0.15) is 0 Å². The maximum Gasteiger partial charge on any atom is 0.211 e. The van der Waals surface area contributed by atoms with Crippen LogP contribution in [0, 0.1) is 5.41 Å². The Labute approximate surface area is 62.3 Å². The van der Waals surface area contributed by atoms with Gasteiger partial charge in [0.05, 0.1) is 0 Å². The van der Waals surface area contributed by atoms with Gasteiger partial charge in [-0.25, -0.2) is 0 Å². The number of amides is 1. The summed E-state index contributed by atoms with van der Waals surface area (Å²) in [5.41, 5.74) is 0.307. The lowest BCUT2D eigenvalue weighted by Crippen LogP contribution is -2.04. The molecule has 10 heavy (non-hydrogen) atoms. The van der Waals surface area contributed by atoms with Crippen molar-refractivity contribution in [1.82, 2.24) is 5.32 Å². The van der Waals surface area contributed by atoms with E-state index >= 15 is 0 Å². The molecule has 2 heteroatoms. The first-order chi connectivity index (χ1) is 4.56. The van der Waals surface area contributed by atoms with Gasteiger partial charge in [-0.15, -0.1) is 0 Å². The van der Waals surface area contributed by atoms with E-state index in [0.717, 1.165) is 6.42 Å². The van der Waals surface area contributed by atoms with E-state index in [1.807, 2.05) is 6.08 Å². The zero-order chi connectivity index (χ0) is 8.04. The van der Waals surface area contributed by atoms with Gasteiger partial charge in [0.25, 0.3) is 0 Å². The molecule has 0 aromatic heterocycles. The minimum absolute atomic E-state index is 0.307. The normalized spacial score (nSPS) is 11.9. The SMILES string of the molecule is CC(C)(C)C/C=C/NC=O. The summed E-state index contributed by atoms with van der Waals surface area (Å²) >= 11 is 0. The van der Waals surface area contributed by atoms with Crippen molar-refractivity contribution < 1.29 is 4.79 Å². The summed E-state index contributed by atoms with van der Waals surface area (Å²) in [7, 11) is 0. The summed E-state index contributed by atoms with van der Waals surface area (Å²) in [6.45, 7) is 6.45. The van der Waals surface area contributed by atoms with Gasteiger partial charge in [-0.1, -0.05) is 26.8 Å². The number of carbonyl (C=O) groups excluding carboxylic acids is 1. The quantitative estimate of drug-likeness (QED) is 0.595. The number of hydrogen-bond acceptors (Lipinski definition) is 1. The van der Waals surface area contributed by atoms with Crippen molar-refractivity contribution in [2.45, 2.75) is 27.2 Å². The lowest BCUT2D eigenvalue weighted by Gasteiger charge is -2.14. The molecule has 0 aromatic carbocycles. The highest BCUT2D eigenvalue weighted by molar-refractivity contribution is 5.47. The predicted octanol–water partition coefficient (Wildman–Crippen LogP) is 1.68. The van der Waals surface area contributed by atoms with Gasteiger partial charge in [-0.05, 0) is 18.0 Å². The first kappa shape index (κ1) is 9.21. The third-order valence-electron chi connectivity index (χ3n) is 1.01. The molecule has 0 atom stereocenters. The number of hydrogen-bond donors (Lipinski definition) is 1. The molecule has 0 heterocycles. The Balaban J connectivity index is 3.43. The fraction of sp³-hybridized carbons (Fsp3) is 0.625. The molecule has 1 N–H and O–H groups in total. The van der Waals surface area contributed by atoms with E-state index in [4.69, 9.17) is 0 Å². The topological polar surface area (TPSA) is 29.1 Å². The Kier molecular flexibility index (Phi) is 3.77. The molecule has 0 aliphatic heterocycles. The van der Waals surface area contributed by atoms with E-state index in [1.54, 1.807) is 6.20 Å². The van der Waals surface area contributed by atoms with Crippen molar-refractivity contribution in [1.29, 1.82) is 0 Å². The molecule has 0 saturated heterocycles. The monoisotopic (exact) mass is 141 g/mol. The zero-order valence-corrected chi connectivity index (χ0v) is 6.85. The van der Waals surface area contributed by atoms with Gasteiger partial charge in [0.15, 0.2) is 0 Å². The summed E-state index contributed by atoms with van der Waals surface area (Å²) in [5.74, 6) is 0. The average molecular weight is 141 g/mol. The highest BCUT2D eigenvalue weighted by Crippen LogP contribution is 2.18. The van der Waals surface area contributed by atoms with Crippen LogP contribution in [0.15, 0.2) is 12.3 Å².